The van der Waals surface area contributed by atoms with Crippen LogP contribution in [-0.2, 0) is 16.1 Å². The minimum atomic E-state index is -1.09. The van der Waals surface area contributed by atoms with E-state index in [4.69, 9.17) is 10.8 Å². The molecule has 0 bridgehead atoms. The Morgan fingerprint density at radius 3 is 2.88 bits per heavy atom. The summed E-state index contributed by atoms with van der Waals surface area (Å²) in [6, 6.07) is -1.02. The molecule has 1 atom stereocenters. The van der Waals surface area contributed by atoms with E-state index in [9.17, 15) is 9.59 Å². The third-order valence-electron chi connectivity index (χ3n) is 2.03. The topological polar surface area (TPSA) is 112 Å². The third-order valence-corrected chi connectivity index (χ3v) is 2.03. The number of nitrogens with one attached hydrogen (secondary N) is 1. The second kappa shape index (κ2) is 5.26. The molecular weight excluding hydrogens is 212 g/mol. The zero-order chi connectivity index (χ0) is 12.1. The van der Waals surface area contributed by atoms with Crippen molar-refractivity contribution >= 4 is 11.9 Å². The van der Waals surface area contributed by atoms with Crippen molar-refractivity contribution in [3.05, 3.63) is 18.2 Å². The maximum Gasteiger partial charge on any atom is 0.305 e. The second-order valence-corrected chi connectivity index (χ2v) is 3.43. The number of nitrogens with zero attached hydrogens (tertiary/aromatic N) is 2. The molecule has 0 aliphatic rings. The van der Waals surface area contributed by atoms with Gasteiger partial charge in [0, 0.05) is 19.4 Å². The average Bonchev–Trinajstić information content (AvgIpc) is 2.68. The molecule has 7 heteroatoms. The zero-order valence-corrected chi connectivity index (χ0v) is 8.88. The number of carbonyl (C=O) groups excluding carboxylic acids is 1. The van der Waals surface area contributed by atoms with Crippen LogP contribution >= 0.6 is 0 Å². The fourth-order valence-electron chi connectivity index (χ4n) is 1.25. The van der Waals surface area contributed by atoms with Gasteiger partial charge in [0.15, 0.2) is 0 Å². The molecule has 16 heavy (non-hydrogen) atoms. The predicted octanol–water partition coefficient (Wildman–Crippen LogP) is -0.830. The first-order chi connectivity index (χ1) is 7.50. The molecule has 0 aliphatic carbocycles. The average molecular weight is 226 g/mol. The van der Waals surface area contributed by atoms with Gasteiger partial charge < -0.3 is 20.7 Å². The Morgan fingerprint density at radius 1 is 1.69 bits per heavy atom. The van der Waals surface area contributed by atoms with Crippen LogP contribution in [0.2, 0.25) is 0 Å². The Morgan fingerprint density at radius 2 is 2.38 bits per heavy atom. The molecule has 1 aromatic rings. The molecule has 7 nitrogen and oxygen atoms in total. The first-order valence-corrected chi connectivity index (χ1v) is 4.71. The number of aromatic nitrogens is 2. The van der Waals surface area contributed by atoms with Crippen LogP contribution in [0.4, 0.5) is 0 Å². The summed E-state index contributed by atoms with van der Waals surface area (Å²) in [5.74, 6) is -0.885. The van der Waals surface area contributed by atoms with E-state index >= 15 is 0 Å². The van der Waals surface area contributed by atoms with Crippen LogP contribution in [0.25, 0.3) is 0 Å². The van der Waals surface area contributed by atoms with Crippen LogP contribution in [-0.4, -0.2) is 44.9 Å². The van der Waals surface area contributed by atoms with Gasteiger partial charge in [-0.2, -0.15) is 0 Å². The number of aliphatic carboxylic acids is 1. The molecule has 0 saturated carbocycles. The minimum absolute atomic E-state index is 0.277. The lowest BCUT2D eigenvalue weighted by Gasteiger charge is -2.19. The van der Waals surface area contributed by atoms with Gasteiger partial charge in [0.25, 0.3) is 0 Å². The number of carboxylic acids is 1. The molecule has 0 fully saturated rings. The van der Waals surface area contributed by atoms with Crippen molar-refractivity contribution in [2.45, 2.75) is 19.0 Å². The van der Waals surface area contributed by atoms with Crippen LogP contribution in [0.15, 0.2) is 12.4 Å². The highest BCUT2D eigenvalue weighted by Gasteiger charge is 2.21. The van der Waals surface area contributed by atoms with Crippen LogP contribution in [0.5, 0.6) is 0 Å². The molecule has 1 unspecified atom stereocenters. The number of nitrogens with two attached hydrogens (primary N) is 1. The summed E-state index contributed by atoms with van der Waals surface area (Å²) < 4.78 is 0. The quantitative estimate of drug-likeness (QED) is 0.606. The highest BCUT2D eigenvalue weighted by molar-refractivity contribution is 5.85. The predicted molar refractivity (Wildman–Crippen MR) is 55.3 cm³/mol. The van der Waals surface area contributed by atoms with Crippen LogP contribution in [0.3, 0.4) is 0 Å². The molecule has 1 aromatic heterocycles. The van der Waals surface area contributed by atoms with Crippen molar-refractivity contribution in [2.75, 3.05) is 7.05 Å². The van der Waals surface area contributed by atoms with Gasteiger partial charge in [-0.1, -0.05) is 0 Å². The highest BCUT2D eigenvalue weighted by atomic mass is 16.4. The van der Waals surface area contributed by atoms with E-state index in [-0.39, 0.29) is 13.0 Å². The summed E-state index contributed by atoms with van der Waals surface area (Å²) in [5.41, 5.74) is 5.45. The number of likely N-dealkylation sites (N-methyl/N-ethyl adjacent to an activating group) is 1. The van der Waals surface area contributed by atoms with E-state index in [0.29, 0.717) is 5.82 Å². The molecule has 0 spiro atoms. The zero-order valence-electron chi connectivity index (χ0n) is 8.88. The van der Waals surface area contributed by atoms with Gasteiger partial charge in [-0.25, -0.2) is 4.98 Å². The summed E-state index contributed by atoms with van der Waals surface area (Å²) >= 11 is 0. The van der Waals surface area contributed by atoms with E-state index in [2.05, 4.69) is 9.97 Å². The number of aromatic amines is 1. The summed E-state index contributed by atoms with van der Waals surface area (Å²) in [7, 11) is 1.55. The Bertz CT molecular complexity index is 363. The second-order valence-electron chi connectivity index (χ2n) is 3.43. The van der Waals surface area contributed by atoms with Gasteiger partial charge in [0.05, 0.1) is 19.0 Å². The Labute approximate surface area is 92.3 Å². The number of imidazole rings is 1. The van der Waals surface area contributed by atoms with Crippen molar-refractivity contribution in [3.8, 4) is 0 Å². The standard InChI is InChI=1S/C9H14N4O3/c1-13(5-7-11-2-3-12-7)9(16)6(10)4-8(14)15/h2-3,6H,4-5,10H2,1H3,(H,11,12)(H,14,15). The summed E-state index contributed by atoms with van der Waals surface area (Å²) in [6.45, 7) is 0.277. The number of rotatable bonds is 5. The number of amides is 1. The minimum Gasteiger partial charge on any atom is -0.481 e. The maximum atomic E-state index is 11.6. The molecule has 88 valence electrons. The largest absolute Gasteiger partial charge is 0.481 e. The van der Waals surface area contributed by atoms with Crippen molar-refractivity contribution in [1.29, 1.82) is 0 Å². The first-order valence-electron chi connectivity index (χ1n) is 4.71. The fourth-order valence-corrected chi connectivity index (χ4v) is 1.25. The van der Waals surface area contributed by atoms with Gasteiger partial charge in [0.1, 0.15) is 5.82 Å². The summed E-state index contributed by atoms with van der Waals surface area (Å²) in [4.78, 5) is 30.1. The molecular formula is C9H14N4O3. The number of hydrogen-bond donors (Lipinski definition) is 3. The van der Waals surface area contributed by atoms with E-state index < -0.39 is 17.9 Å². The monoisotopic (exact) mass is 226 g/mol. The molecule has 4 N–H and O–H groups in total. The lowest BCUT2D eigenvalue weighted by atomic mass is 10.2. The van der Waals surface area contributed by atoms with E-state index in [1.165, 1.54) is 4.90 Å². The van der Waals surface area contributed by atoms with Crippen LogP contribution < -0.4 is 5.73 Å². The lowest BCUT2D eigenvalue weighted by Crippen LogP contribution is -2.42. The normalized spacial score (nSPS) is 12.1. The Balaban J connectivity index is 2.50. The smallest absolute Gasteiger partial charge is 0.305 e. The molecule has 0 radical (unpaired) electrons. The van der Waals surface area contributed by atoms with Crippen LogP contribution in [0.1, 0.15) is 12.2 Å². The fraction of sp³-hybridized carbons (Fsp3) is 0.444. The van der Waals surface area contributed by atoms with Gasteiger partial charge in [-0.05, 0) is 0 Å². The highest BCUT2D eigenvalue weighted by Crippen LogP contribution is 2.00. The molecule has 0 aliphatic heterocycles. The van der Waals surface area contributed by atoms with Crippen LogP contribution in [0, 0.1) is 0 Å². The number of carbonyl (C=O) groups is 2. The van der Waals surface area contributed by atoms with E-state index in [0.717, 1.165) is 0 Å². The van der Waals surface area contributed by atoms with Crippen molar-refractivity contribution in [2.24, 2.45) is 5.73 Å². The molecule has 0 aromatic carbocycles. The lowest BCUT2D eigenvalue weighted by molar-refractivity contribution is -0.141. The van der Waals surface area contributed by atoms with Crippen molar-refractivity contribution in [1.82, 2.24) is 14.9 Å². The van der Waals surface area contributed by atoms with E-state index in [1.807, 2.05) is 0 Å². The van der Waals surface area contributed by atoms with Crippen molar-refractivity contribution < 1.29 is 14.7 Å². The van der Waals surface area contributed by atoms with Gasteiger partial charge in [-0.15, -0.1) is 0 Å². The van der Waals surface area contributed by atoms with Gasteiger partial charge in [0.2, 0.25) is 5.91 Å². The number of carboxylic acid groups (broad SMARTS) is 1. The maximum absolute atomic E-state index is 11.6. The van der Waals surface area contributed by atoms with Gasteiger partial charge in [-0.3, -0.25) is 9.59 Å². The van der Waals surface area contributed by atoms with E-state index in [1.54, 1.807) is 19.4 Å². The summed E-state index contributed by atoms with van der Waals surface area (Å²) in [6.07, 6.45) is 2.84. The van der Waals surface area contributed by atoms with Crippen molar-refractivity contribution in [3.63, 3.8) is 0 Å². The Hall–Kier alpha value is -1.89. The molecule has 1 heterocycles. The molecule has 0 saturated heterocycles. The SMILES string of the molecule is CN(Cc1ncc[nH]1)C(=O)C(N)CC(=O)O. The molecule has 1 amide bonds. The Kier molecular flexibility index (Phi) is 4.01. The first kappa shape index (κ1) is 12.2. The number of H-pyrrole nitrogens is 1. The molecule has 1 rings (SSSR count). The van der Waals surface area contributed by atoms with Gasteiger partial charge >= 0.3 is 5.97 Å². The third kappa shape index (κ3) is 3.35. The number of hydrogen-bond acceptors (Lipinski definition) is 4. The summed E-state index contributed by atoms with van der Waals surface area (Å²) in [5, 5.41) is 8.50.